The Hall–Kier alpha value is -3.66. The molecule has 1 saturated carbocycles. The van der Waals surface area contributed by atoms with Crippen LogP contribution in [0.25, 0.3) is 0 Å². The Kier molecular flexibility index (Phi) is 11.8. The molecule has 1 aliphatic rings. The molecule has 246 valence electrons. The molecule has 0 heterocycles. The molecule has 1 aliphatic carbocycles. The van der Waals surface area contributed by atoms with Gasteiger partial charge in [0, 0.05) is 28.5 Å². The molecular formula is C37H39BrClN3O4S. The van der Waals surface area contributed by atoms with Gasteiger partial charge in [0.05, 0.1) is 10.6 Å². The highest BCUT2D eigenvalue weighted by Gasteiger charge is 2.35. The number of hydrogen-bond donors (Lipinski definition) is 1. The molecule has 4 aromatic rings. The van der Waals surface area contributed by atoms with Crippen molar-refractivity contribution in [3.63, 3.8) is 0 Å². The fraction of sp³-hybridized carbons (Fsp3) is 0.297. The van der Waals surface area contributed by atoms with E-state index in [0.717, 1.165) is 57.6 Å². The van der Waals surface area contributed by atoms with Crippen molar-refractivity contribution in [3.8, 4) is 0 Å². The molecule has 1 fully saturated rings. The minimum atomic E-state index is -4.20. The van der Waals surface area contributed by atoms with Crippen LogP contribution in [0.5, 0.6) is 0 Å². The molecule has 4 aromatic carbocycles. The minimum Gasteiger partial charge on any atom is -0.352 e. The highest BCUT2D eigenvalue weighted by molar-refractivity contribution is 9.10. The monoisotopic (exact) mass is 735 g/mol. The van der Waals surface area contributed by atoms with Crippen molar-refractivity contribution < 1.29 is 18.0 Å². The summed E-state index contributed by atoms with van der Waals surface area (Å²) in [4.78, 5) is 30.4. The number of sulfonamides is 1. The Morgan fingerprint density at radius 1 is 0.872 bits per heavy atom. The van der Waals surface area contributed by atoms with Gasteiger partial charge in [0.2, 0.25) is 11.8 Å². The van der Waals surface area contributed by atoms with E-state index < -0.39 is 28.5 Å². The first kappa shape index (κ1) is 34.7. The first-order chi connectivity index (χ1) is 22.6. The lowest BCUT2D eigenvalue weighted by Gasteiger charge is -2.35. The SMILES string of the molecule is Cc1ccc(N(CC(=O)N(Cc2ccc(Br)cc2)[C@H](Cc2ccccc2)C(=O)NC2CCCCC2)S(=O)(=O)c2ccccc2)cc1Cl. The third-order valence-electron chi connectivity index (χ3n) is 8.54. The fourth-order valence-corrected chi connectivity index (χ4v) is 7.74. The third-order valence-corrected chi connectivity index (χ3v) is 11.3. The van der Waals surface area contributed by atoms with Crippen LogP contribution in [-0.2, 0) is 32.6 Å². The second-order valence-electron chi connectivity index (χ2n) is 12.0. The summed E-state index contributed by atoms with van der Waals surface area (Å²) >= 11 is 9.95. The van der Waals surface area contributed by atoms with E-state index in [0.29, 0.717) is 5.02 Å². The predicted molar refractivity (Wildman–Crippen MR) is 191 cm³/mol. The van der Waals surface area contributed by atoms with Crippen LogP contribution >= 0.6 is 27.5 Å². The summed E-state index contributed by atoms with van der Waals surface area (Å²) in [6.45, 7) is 1.40. The average Bonchev–Trinajstić information content (AvgIpc) is 3.08. The van der Waals surface area contributed by atoms with Gasteiger partial charge in [-0.2, -0.15) is 0 Å². The lowest BCUT2D eigenvalue weighted by atomic mass is 9.94. The predicted octanol–water partition coefficient (Wildman–Crippen LogP) is 7.70. The topological polar surface area (TPSA) is 86.8 Å². The number of nitrogens with zero attached hydrogens (tertiary/aromatic N) is 2. The van der Waals surface area contributed by atoms with Crippen LogP contribution in [0.2, 0.25) is 5.02 Å². The Morgan fingerprint density at radius 3 is 2.15 bits per heavy atom. The quantitative estimate of drug-likeness (QED) is 0.162. The lowest BCUT2D eigenvalue weighted by molar-refractivity contribution is -0.140. The molecule has 0 spiro atoms. The van der Waals surface area contributed by atoms with Crippen LogP contribution in [0.4, 0.5) is 5.69 Å². The van der Waals surface area contributed by atoms with Crippen LogP contribution in [0, 0.1) is 6.92 Å². The van der Waals surface area contributed by atoms with E-state index in [1.54, 1.807) is 36.4 Å². The molecule has 1 N–H and O–H groups in total. The largest absolute Gasteiger partial charge is 0.352 e. The smallest absolute Gasteiger partial charge is 0.264 e. The van der Waals surface area contributed by atoms with Crippen LogP contribution in [0.15, 0.2) is 112 Å². The maximum Gasteiger partial charge on any atom is 0.264 e. The summed E-state index contributed by atoms with van der Waals surface area (Å²) in [7, 11) is -4.20. The van der Waals surface area contributed by atoms with Crippen LogP contribution < -0.4 is 9.62 Å². The normalized spacial score (nSPS) is 14.3. The summed E-state index contributed by atoms with van der Waals surface area (Å²) in [5.74, 6) is -0.758. The van der Waals surface area contributed by atoms with Gasteiger partial charge >= 0.3 is 0 Å². The maximum atomic E-state index is 14.7. The molecule has 0 radical (unpaired) electrons. The van der Waals surface area contributed by atoms with E-state index in [9.17, 15) is 18.0 Å². The van der Waals surface area contributed by atoms with Crippen molar-refractivity contribution in [2.45, 2.75) is 69.0 Å². The van der Waals surface area contributed by atoms with E-state index in [1.807, 2.05) is 61.5 Å². The lowest BCUT2D eigenvalue weighted by Crippen LogP contribution is -2.55. The molecule has 47 heavy (non-hydrogen) atoms. The third kappa shape index (κ3) is 9.03. The second-order valence-corrected chi connectivity index (χ2v) is 15.1. The number of carbonyl (C=O) groups excluding carboxylic acids is 2. The number of amides is 2. The number of halogens is 2. The molecule has 0 aliphatic heterocycles. The van der Waals surface area contributed by atoms with E-state index in [2.05, 4.69) is 21.2 Å². The van der Waals surface area contributed by atoms with Gasteiger partial charge in [-0.3, -0.25) is 13.9 Å². The van der Waals surface area contributed by atoms with Gasteiger partial charge in [0.15, 0.2) is 0 Å². The molecule has 0 bridgehead atoms. The van der Waals surface area contributed by atoms with Crippen LogP contribution in [0.1, 0.15) is 48.8 Å². The van der Waals surface area contributed by atoms with Crippen molar-refractivity contribution in [1.29, 1.82) is 0 Å². The maximum absolute atomic E-state index is 14.7. The first-order valence-electron chi connectivity index (χ1n) is 15.8. The zero-order valence-electron chi connectivity index (χ0n) is 26.3. The zero-order chi connectivity index (χ0) is 33.4. The summed E-state index contributed by atoms with van der Waals surface area (Å²) in [5, 5.41) is 3.61. The van der Waals surface area contributed by atoms with Crippen LogP contribution in [-0.4, -0.2) is 43.8 Å². The van der Waals surface area contributed by atoms with Crippen molar-refractivity contribution in [2.24, 2.45) is 0 Å². The van der Waals surface area contributed by atoms with Crippen molar-refractivity contribution in [3.05, 3.63) is 129 Å². The van der Waals surface area contributed by atoms with Gasteiger partial charge in [-0.05, 0) is 72.9 Å². The van der Waals surface area contributed by atoms with E-state index in [1.165, 1.54) is 17.0 Å². The zero-order valence-corrected chi connectivity index (χ0v) is 29.5. The summed E-state index contributed by atoms with van der Waals surface area (Å²) < 4.78 is 30.3. The molecule has 10 heteroatoms. The van der Waals surface area contributed by atoms with Gasteiger partial charge in [0.1, 0.15) is 12.6 Å². The Labute approximate surface area is 291 Å². The molecule has 0 saturated heterocycles. The number of hydrogen-bond acceptors (Lipinski definition) is 4. The fourth-order valence-electron chi connectivity index (χ4n) is 5.87. The highest BCUT2D eigenvalue weighted by Crippen LogP contribution is 2.29. The molecule has 7 nitrogen and oxygen atoms in total. The van der Waals surface area contributed by atoms with Gasteiger partial charge in [-0.15, -0.1) is 0 Å². The number of rotatable bonds is 12. The number of nitrogens with one attached hydrogen (secondary N) is 1. The van der Waals surface area contributed by atoms with E-state index in [-0.39, 0.29) is 35.5 Å². The summed E-state index contributed by atoms with van der Waals surface area (Å²) in [6.07, 6.45) is 5.28. The average molecular weight is 737 g/mol. The highest BCUT2D eigenvalue weighted by atomic mass is 79.9. The van der Waals surface area contributed by atoms with Gasteiger partial charge in [-0.1, -0.05) is 114 Å². The van der Waals surface area contributed by atoms with Gasteiger partial charge in [-0.25, -0.2) is 8.42 Å². The Bertz CT molecular complexity index is 1770. The van der Waals surface area contributed by atoms with Crippen molar-refractivity contribution >= 4 is 55.1 Å². The first-order valence-corrected chi connectivity index (χ1v) is 18.4. The van der Waals surface area contributed by atoms with Crippen molar-refractivity contribution in [2.75, 3.05) is 10.8 Å². The van der Waals surface area contributed by atoms with Gasteiger partial charge in [0.25, 0.3) is 10.0 Å². The van der Waals surface area contributed by atoms with Gasteiger partial charge < -0.3 is 10.2 Å². The Balaban J connectivity index is 1.56. The molecule has 1 atom stereocenters. The molecular weight excluding hydrogens is 698 g/mol. The Morgan fingerprint density at radius 2 is 1.51 bits per heavy atom. The van der Waals surface area contributed by atoms with E-state index in [4.69, 9.17) is 11.6 Å². The number of benzene rings is 4. The molecule has 2 amide bonds. The summed E-state index contributed by atoms with van der Waals surface area (Å²) in [5.41, 5.74) is 2.73. The van der Waals surface area contributed by atoms with E-state index >= 15 is 0 Å². The molecule has 5 rings (SSSR count). The molecule has 0 unspecified atom stereocenters. The standard InChI is InChI=1S/C37H39BrClN3O4S/c1-27-17-22-32(24-34(27)39)42(47(45,46)33-15-9-4-10-16-33)26-36(43)41(25-29-18-20-30(38)21-19-29)35(23-28-11-5-2-6-12-28)37(44)40-31-13-7-3-8-14-31/h2,4-6,9-12,15-22,24,31,35H,3,7-8,13-14,23,25-26H2,1H3,(H,40,44)/t35-/m1/s1. The van der Waals surface area contributed by atoms with Crippen molar-refractivity contribution in [1.82, 2.24) is 10.2 Å². The number of carbonyl (C=O) groups is 2. The second kappa shape index (κ2) is 16.0. The van der Waals surface area contributed by atoms with Crippen LogP contribution in [0.3, 0.4) is 0 Å². The molecule has 0 aromatic heterocycles. The number of anilines is 1. The minimum absolute atomic E-state index is 0.0313. The number of aryl methyl sites for hydroxylation is 1. The summed E-state index contributed by atoms with van der Waals surface area (Å²) in [6, 6.07) is 29.2.